The number of nitrogens with one attached hydrogen (secondary N) is 2. The Kier molecular flexibility index (Phi) is 7.37. The highest BCUT2D eigenvalue weighted by atomic mass is 16.5. The number of carbonyl (C=O) groups is 2. The molecule has 0 atom stereocenters. The van der Waals surface area contributed by atoms with Crippen molar-refractivity contribution in [3.8, 4) is 5.75 Å². The summed E-state index contributed by atoms with van der Waals surface area (Å²) in [6, 6.07) is 16.9. The molecule has 27 heavy (non-hydrogen) atoms. The summed E-state index contributed by atoms with van der Waals surface area (Å²) in [6.45, 7) is 4.40. The molecule has 0 heterocycles. The number of amides is 2. The van der Waals surface area contributed by atoms with Crippen molar-refractivity contribution in [2.45, 2.75) is 20.5 Å². The summed E-state index contributed by atoms with van der Waals surface area (Å²) in [6.07, 6.45) is 0. The zero-order valence-electron chi connectivity index (χ0n) is 16.0. The fraction of sp³-hybridized carbons (Fsp3) is 0.333. The van der Waals surface area contributed by atoms with E-state index in [1.165, 1.54) is 0 Å². The molecular formula is C21H26N2O4. The Hall–Kier alpha value is -2.86. The zero-order valence-corrected chi connectivity index (χ0v) is 16.0. The number of anilines is 1. The van der Waals surface area contributed by atoms with Crippen LogP contribution in [-0.2, 0) is 20.9 Å². The molecule has 2 N–H and O–H groups in total. The third-order valence-corrected chi connectivity index (χ3v) is 4.09. The molecule has 0 aliphatic carbocycles. The minimum atomic E-state index is -1.20. The molecule has 0 radical (unpaired) electrons. The molecule has 6 heteroatoms. The molecule has 0 aromatic heterocycles. The van der Waals surface area contributed by atoms with Crippen molar-refractivity contribution in [2.24, 2.45) is 5.41 Å². The van der Waals surface area contributed by atoms with Crippen molar-refractivity contribution in [1.82, 2.24) is 5.32 Å². The molecule has 0 bridgehead atoms. The lowest BCUT2D eigenvalue weighted by Crippen LogP contribution is -2.45. The van der Waals surface area contributed by atoms with E-state index < -0.39 is 5.41 Å². The van der Waals surface area contributed by atoms with Crippen molar-refractivity contribution < 1.29 is 19.1 Å². The Morgan fingerprint density at radius 2 is 1.63 bits per heavy atom. The monoisotopic (exact) mass is 370 g/mol. The van der Waals surface area contributed by atoms with Gasteiger partial charge in [-0.1, -0.05) is 30.3 Å². The predicted octanol–water partition coefficient (Wildman–Crippen LogP) is 2.99. The summed E-state index contributed by atoms with van der Waals surface area (Å²) in [5.41, 5.74) is 0.483. The maximum atomic E-state index is 12.5. The van der Waals surface area contributed by atoms with Gasteiger partial charge in [0.1, 0.15) is 17.8 Å². The van der Waals surface area contributed by atoms with E-state index in [-0.39, 0.29) is 11.8 Å². The highest BCUT2D eigenvalue weighted by molar-refractivity contribution is 6.09. The predicted molar refractivity (Wildman–Crippen MR) is 105 cm³/mol. The minimum absolute atomic E-state index is 0.347. The van der Waals surface area contributed by atoms with Gasteiger partial charge in [0, 0.05) is 19.3 Å². The molecule has 0 spiro atoms. The van der Waals surface area contributed by atoms with Gasteiger partial charge in [0.2, 0.25) is 11.8 Å². The van der Waals surface area contributed by atoms with E-state index >= 15 is 0 Å². The van der Waals surface area contributed by atoms with Crippen LogP contribution in [0.5, 0.6) is 5.75 Å². The third-order valence-electron chi connectivity index (χ3n) is 4.09. The van der Waals surface area contributed by atoms with Crippen LogP contribution in [0, 0.1) is 5.41 Å². The van der Waals surface area contributed by atoms with Gasteiger partial charge in [-0.05, 0) is 43.7 Å². The molecule has 0 fully saturated rings. The van der Waals surface area contributed by atoms with Crippen LogP contribution in [0.25, 0.3) is 0 Å². The standard InChI is InChI=1S/C21H26N2O4/c1-21(2,19(24)22-13-14-26-3)20(25)23-17-9-11-18(12-10-17)27-15-16-7-5-4-6-8-16/h4-12H,13-15H2,1-3H3,(H,22,24)(H,23,25). The number of carbonyl (C=O) groups excluding carboxylic acids is 2. The molecule has 2 aromatic carbocycles. The first-order valence-electron chi connectivity index (χ1n) is 8.79. The van der Waals surface area contributed by atoms with Crippen molar-refractivity contribution in [2.75, 3.05) is 25.6 Å². The van der Waals surface area contributed by atoms with E-state index in [9.17, 15) is 9.59 Å². The molecule has 144 valence electrons. The maximum Gasteiger partial charge on any atom is 0.239 e. The van der Waals surface area contributed by atoms with Gasteiger partial charge in [-0.2, -0.15) is 0 Å². The number of ether oxygens (including phenoxy) is 2. The number of hydrogen-bond acceptors (Lipinski definition) is 4. The lowest BCUT2D eigenvalue weighted by molar-refractivity contribution is -0.138. The Labute approximate surface area is 159 Å². The van der Waals surface area contributed by atoms with Crippen LogP contribution in [0.15, 0.2) is 54.6 Å². The topological polar surface area (TPSA) is 76.7 Å². The molecule has 2 aromatic rings. The molecule has 0 unspecified atom stereocenters. The maximum absolute atomic E-state index is 12.5. The van der Waals surface area contributed by atoms with Crippen molar-refractivity contribution in [1.29, 1.82) is 0 Å². The van der Waals surface area contributed by atoms with Crippen LogP contribution in [0.4, 0.5) is 5.69 Å². The first-order chi connectivity index (χ1) is 12.9. The summed E-state index contributed by atoms with van der Waals surface area (Å²) >= 11 is 0. The van der Waals surface area contributed by atoms with Crippen LogP contribution >= 0.6 is 0 Å². The summed E-state index contributed by atoms with van der Waals surface area (Å²) < 4.78 is 10.6. The smallest absolute Gasteiger partial charge is 0.239 e. The summed E-state index contributed by atoms with van der Waals surface area (Å²) in [4.78, 5) is 24.7. The van der Waals surface area contributed by atoms with Gasteiger partial charge >= 0.3 is 0 Å². The van der Waals surface area contributed by atoms with E-state index in [4.69, 9.17) is 9.47 Å². The number of rotatable bonds is 9. The summed E-state index contributed by atoms with van der Waals surface area (Å²) in [7, 11) is 1.55. The van der Waals surface area contributed by atoms with Gasteiger partial charge in [0.15, 0.2) is 0 Å². The van der Waals surface area contributed by atoms with E-state index in [2.05, 4.69) is 10.6 Å². The largest absolute Gasteiger partial charge is 0.489 e. The quantitative estimate of drug-likeness (QED) is 0.525. The van der Waals surface area contributed by atoms with Gasteiger partial charge in [-0.15, -0.1) is 0 Å². The number of hydrogen-bond donors (Lipinski definition) is 2. The Morgan fingerprint density at radius 1 is 0.963 bits per heavy atom. The molecule has 0 saturated heterocycles. The van der Waals surface area contributed by atoms with Gasteiger partial charge in [-0.25, -0.2) is 0 Å². The highest BCUT2D eigenvalue weighted by Crippen LogP contribution is 2.21. The molecule has 0 saturated carbocycles. The van der Waals surface area contributed by atoms with Crippen LogP contribution in [-0.4, -0.2) is 32.1 Å². The Morgan fingerprint density at radius 3 is 2.26 bits per heavy atom. The van der Waals surface area contributed by atoms with Crippen molar-refractivity contribution >= 4 is 17.5 Å². The first-order valence-corrected chi connectivity index (χ1v) is 8.79. The summed E-state index contributed by atoms with van der Waals surface area (Å²) in [5, 5.41) is 5.46. The van der Waals surface area contributed by atoms with E-state index in [0.29, 0.717) is 31.2 Å². The third kappa shape index (κ3) is 6.11. The molecule has 2 rings (SSSR count). The van der Waals surface area contributed by atoms with E-state index in [1.807, 2.05) is 30.3 Å². The molecule has 0 aliphatic rings. The molecular weight excluding hydrogens is 344 g/mol. The van der Waals surface area contributed by atoms with Crippen LogP contribution in [0.1, 0.15) is 19.4 Å². The number of benzene rings is 2. The van der Waals surface area contributed by atoms with Gasteiger partial charge in [-0.3, -0.25) is 9.59 Å². The van der Waals surface area contributed by atoms with Crippen LogP contribution in [0.3, 0.4) is 0 Å². The van der Waals surface area contributed by atoms with E-state index in [0.717, 1.165) is 5.56 Å². The second-order valence-corrected chi connectivity index (χ2v) is 6.63. The average molecular weight is 370 g/mol. The van der Waals surface area contributed by atoms with Gasteiger partial charge < -0.3 is 20.1 Å². The fourth-order valence-electron chi connectivity index (χ4n) is 2.25. The Bertz CT molecular complexity index is 743. The lowest BCUT2D eigenvalue weighted by Gasteiger charge is -2.22. The second kappa shape index (κ2) is 9.73. The van der Waals surface area contributed by atoms with Crippen LogP contribution in [0.2, 0.25) is 0 Å². The second-order valence-electron chi connectivity index (χ2n) is 6.63. The number of methoxy groups -OCH3 is 1. The van der Waals surface area contributed by atoms with Crippen molar-refractivity contribution in [3.63, 3.8) is 0 Å². The average Bonchev–Trinajstić information content (AvgIpc) is 2.68. The highest BCUT2D eigenvalue weighted by Gasteiger charge is 2.35. The van der Waals surface area contributed by atoms with Crippen molar-refractivity contribution in [3.05, 3.63) is 60.2 Å². The first kappa shape index (κ1) is 20.5. The minimum Gasteiger partial charge on any atom is -0.489 e. The molecule has 0 aliphatic heterocycles. The normalized spacial score (nSPS) is 10.9. The lowest BCUT2D eigenvalue weighted by atomic mass is 9.91. The van der Waals surface area contributed by atoms with Gasteiger partial charge in [0.05, 0.1) is 6.61 Å². The SMILES string of the molecule is COCCNC(=O)C(C)(C)C(=O)Nc1ccc(OCc2ccccc2)cc1. The van der Waals surface area contributed by atoms with E-state index in [1.54, 1.807) is 45.2 Å². The fourth-order valence-corrected chi connectivity index (χ4v) is 2.25. The van der Waals surface area contributed by atoms with Gasteiger partial charge in [0.25, 0.3) is 0 Å². The zero-order chi connectivity index (χ0) is 19.7. The molecule has 2 amide bonds. The van der Waals surface area contributed by atoms with Crippen LogP contribution < -0.4 is 15.4 Å². The Balaban J connectivity index is 1.89. The molecule has 6 nitrogen and oxygen atoms in total. The summed E-state index contributed by atoms with van der Waals surface area (Å²) in [5.74, 6) is -0.0244.